The van der Waals surface area contributed by atoms with Gasteiger partial charge in [0.05, 0.1) is 5.92 Å². The Balaban J connectivity index is 1.53. The maximum atomic E-state index is 13.3. The van der Waals surface area contributed by atoms with Crippen molar-refractivity contribution < 1.29 is 14.0 Å². The van der Waals surface area contributed by atoms with Gasteiger partial charge in [-0.1, -0.05) is 12.1 Å². The zero-order chi connectivity index (χ0) is 19.4. The SMILES string of the molecule is CC(C)N1CCN(C(=O)[C@H]2CCC(=O)N(CCc3cccc(F)c3)C2)CC1. The largest absolute Gasteiger partial charge is 0.342 e. The fourth-order valence-electron chi connectivity index (χ4n) is 4.01. The average molecular weight is 375 g/mol. The number of piperidine rings is 1. The summed E-state index contributed by atoms with van der Waals surface area (Å²) in [4.78, 5) is 31.3. The monoisotopic (exact) mass is 375 g/mol. The molecule has 3 rings (SSSR count). The fourth-order valence-corrected chi connectivity index (χ4v) is 4.01. The number of nitrogens with zero attached hydrogens (tertiary/aromatic N) is 3. The summed E-state index contributed by atoms with van der Waals surface area (Å²) in [6.07, 6.45) is 1.67. The van der Waals surface area contributed by atoms with Crippen molar-refractivity contribution in [2.45, 2.75) is 39.2 Å². The molecule has 2 aliphatic heterocycles. The summed E-state index contributed by atoms with van der Waals surface area (Å²) in [5.41, 5.74) is 0.876. The van der Waals surface area contributed by atoms with E-state index in [-0.39, 0.29) is 23.5 Å². The fraction of sp³-hybridized carbons (Fsp3) is 0.619. The highest BCUT2D eigenvalue weighted by Crippen LogP contribution is 2.21. The third-order valence-electron chi connectivity index (χ3n) is 5.77. The van der Waals surface area contributed by atoms with Crippen LogP contribution >= 0.6 is 0 Å². The number of rotatable bonds is 5. The number of carbonyl (C=O) groups excluding carboxylic acids is 2. The van der Waals surface area contributed by atoms with Crippen molar-refractivity contribution in [3.63, 3.8) is 0 Å². The van der Waals surface area contributed by atoms with Crippen LogP contribution in [0.2, 0.25) is 0 Å². The Bertz CT molecular complexity index is 671. The number of piperazine rings is 1. The molecular weight excluding hydrogens is 345 g/mol. The van der Waals surface area contributed by atoms with Gasteiger partial charge in [-0.2, -0.15) is 0 Å². The van der Waals surface area contributed by atoms with Crippen LogP contribution in [-0.2, 0) is 16.0 Å². The van der Waals surface area contributed by atoms with Crippen molar-refractivity contribution in [2.24, 2.45) is 5.92 Å². The van der Waals surface area contributed by atoms with Crippen LogP contribution in [0.1, 0.15) is 32.3 Å². The molecule has 5 nitrogen and oxygen atoms in total. The van der Waals surface area contributed by atoms with Gasteiger partial charge in [-0.25, -0.2) is 4.39 Å². The zero-order valence-electron chi connectivity index (χ0n) is 16.4. The molecule has 2 aliphatic rings. The summed E-state index contributed by atoms with van der Waals surface area (Å²) in [5, 5.41) is 0. The van der Waals surface area contributed by atoms with E-state index in [0.717, 1.165) is 31.7 Å². The molecule has 0 saturated carbocycles. The smallest absolute Gasteiger partial charge is 0.227 e. The Labute approximate surface area is 161 Å². The van der Waals surface area contributed by atoms with Gasteiger partial charge >= 0.3 is 0 Å². The van der Waals surface area contributed by atoms with E-state index >= 15 is 0 Å². The standard InChI is InChI=1S/C21H30FN3O2/c1-16(2)23-10-12-24(13-11-23)21(27)18-6-7-20(26)25(15-18)9-8-17-4-3-5-19(22)14-17/h3-5,14,16,18H,6-13,15H2,1-2H3/t18-/m0/s1. The molecule has 0 spiro atoms. The van der Waals surface area contributed by atoms with Crippen molar-refractivity contribution >= 4 is 11.8 Å². The zero-order valence-corrected chi connectivity index (χ0v) is 16.4. The second-order valence-electron chi connectivity index (χ2n) is 7.91. The number of hydrogen-bond acceptors (Lipinski definition) is 3. The highest BCUT2D eigenvalue weighted by molar-refractivity contribution is 5.84. The van der Waals surface area contributed by atoms with Crippen molar-refractivity contribution in [1.82, 2.24) is 14.7 Å². The third-order valence-corrected chi connectivity index (χ3v) is 5.77. The Morgan fingerprint density at radius 1 is 1.22 bits per heavy atom. The number of likely N-dealkylation sites (tertiary alicyclic amines) is 1. The molecule has 2 heterocycles. The first-order valence-corrected chi connectivity index (χ1v) is 9.99. The number of carbonyl (C=O) groups is 2. The minimum atomic E-state index is -0.258. The minimum Gasteiger partial charge on any atom is -0.342 e. The van der Waals surface area contributed by atoms with Crippen molar-refractivity contribution in [3.8, 4) is 0 Å². The minimum absolute atomic E-state index is 0.0973. The predicted octanol–water partition coefficient (Wildman–Crippen LogP) is 2.16. The van der Waals surface area contributed by atoms with Crippen molar-refractivity contribution in [1.29, 1.82) is 0 Å². The van der Waals surface area contributed by atoms with Gasteiger partial charge in [-0.3, -0.25) is 14.5 Å². The van der Waals surface area contributed by atoms with Crippen molar-refractivity contribution in [2.75, 3.05) is 39.3 Å². The number of amides is 2. The van der Waals surface area contributed by atoms with E-state index in [1.54, 1.807) is 11.0 Å². The molecular formula is C21H30FN3O2. The van der Waals surface area contributed by atoms with Crippen LogP contribution in [0, 0.1) is 11.7 Å². The molecule has 2 fully saturated rings. The Hall–Kier alpha value is -1.95. The van der Waals surface area contributed by atoms with Gasteiger partial charge in [0.1, 0.15) is 5.82 Å². The van der Waals surface area contributed by atoms with E-state index in [1.165, 1.54) is 12.1 Å². The molecule has 1 aromatic rings. The summed E-state index contributed by atoms with van der Waals surface area (Å²) in [7, 11) is 0. The van der Waals surface area contributed by atoms with Gasteiger partial charge in [-0.15, -0.1) is 0 Å². The van der Waals surface area contributed by atoms with E-state index in [9.17, 15) is 14.0 Å². The summed E-state index contributed by atoms with van der Waals surface area (Å²) in [6, 6.07) is 6.99. The van der Waals surface area contributed by atoms with Crippen LogP contribution in [0.15, 0.2) is 24.3 Å². The lowest BCUT2D eigenvalue weighted by Crippen LogP contribution is -2.54. The molecule has 148 valence electrons. The second-order valence-corrected chi connectivity index (χ2v) is 7.91. The molecule has 1 aromatic carbocycles. The molecule has 0 aliphatic carbocycles. The molecule has 27 heavy (non-hydrogen) atoms. The summed E-state index contributed by atoms with van der Waals surface area (Å²) >= 11 is 0. The molecule has 2 amide bonds. The lowest BCUT2D eigenvalue weighted by atomic mass is 9.95. The number of halogens is 1. The van der Waals surface area contributed by atoms with Crippen LogP contribution in [0.4, 0.5) is 4.39 Å². The molecule has 0 radical (unpaired) electrons. The van der Waals surface area contributed by atoms with E-state index in [2.05, 4.69) is 18.7 Å². The lowest BCUT2D eigenvalue weighted by Gasteiger charge is -2.40. The molecule has 6 heteroatoms. The average Bonchev–Trinajstić information content (AvgIpc) is 2.67. The van der Waals surface area contributed by atoms with Crippen molar-refractivity contribution in [3.05, 3.63) is 35.6 Å². The molecule has 0 aromatic heterocycles. The van der Waals surface area contributed by atoms with Crippen LogP contribution in [0.25, 0.3) is 0 Å². The number of hydrogen-bond donors (Lipinski definition) is 0. The van der Waals surface area contributed by atoms with Gasteiger partial charge in [-0.05, 0) is 44.4 Å². The topological polar surface area (TPSA) is 43.9 Å². The van der Waals surface area contributed by atoms with Gasteiger partial charge in [0, 0.05) is 51.7 Å². The Morgan fingerprint density at radius 3 is 2.63 bits per heavy atom. The molecule has 2 saturated heterocycles. The van der Waals surface area contributed by atoms with Crippen LogP contribution in [0.3, 0.4) is 0 Å². The van der Waals surface area contributed by atoms with Gasteiger partial charge in [0.2, 0.25) is 11.8 Å². The van der Waals surface area contributed by atoms with Crippen LogP contribution < -0.4 is 0 Å². The van der Waals surface area contributed by atoms with Gasteiger partial charge in [0.15, 0.2) is 0 Å². The molecule has 0 N–H and O–H groups in total. The van der Waals surface area contributed by atoms with E-state index in [0.29, 0.717) is 38.4 Å². The van der Waals surface area contributed by atoms with Crippen LogP contribution in [-0.4, -0.2) is 71.8 Å². The first-order valence-electron chi connectivity index (χ1n) is 9.99. The van der Waals surface area contributed by atoms with E-state index in [1.807, 2.05) is 11.0 Å². The first kappa shape index (κ1) is 19.8. The molecule has 1 atom stereocenters. The Morgan fingerprint density at radius 2 is 1.96 bits per heavy atom. The maximum absolute atomic E-state index is 13.3. The quantitative estimate of drug-likeness (QED) is 0.792. The van der Waals surface area contributed by atoms with E-state index in [4.69, 9.17) is 0 Å². The third kappa shape index (κ3) is 5.06. The van der Waals surface area contributed by atoms with E-state index < -0.39 is 0 Å². The highest BCUT2D eigenvalue weighted by Gasteiger charge is 2.33. The summed E-state index contributed by atoms with van der Waals surface area (Å²) < 4.78 is 13.3. The summed E-state index contributed by atoms with van der Waals surface area (Å²) in [6.45, 7) is 8.75. The van der Waals surface area contributed by atoms with Crippen LogP contribution in [0.5, 0.6) is 0 Å². The normalized spacial score (nSPS) is 21.8. The predicted molar refractivity (Wildman–Crippen MR) is 103 cm³/mol. The molecule has 0 unspecified atom stereocenters. The highest BCUT2D eigenvalue weighted by atomic mass is 19.1. The first-order chi connectivity index (χ1) is 12.9. The van der Waals surface area contributed by atoms with Gasteiger partial charge < -0.3 is 9.80 Å². The number of benzene rings is 1. The Kier molecular flexibility index (Phi) is 6.47. The maximum Gasteiger partial charge on any atom is 0.227 e. The molecule has 0 bridgehead atoms. The summed E-state index contributed by atoms with van der Waals surface area (Å²) in [5.74, 6) is -0.0892. The second kappa shape index (κ2) is 8.83. The lowest BCUT2D eigenvalue weighted by molar-refractivity contribution is -0.144. The van der Waals surface area contributed by atoms with Gasteiger partial charge in [0.25, 0.3) is 0 Å².